The zero-order valence-corrected chi connectivity index (χ0v) is 14.4. The Bertz CT molecular complexity index is 996. The zero-order chi connectivity index (χ0) is 18.8. The van der Waals surface area contributed by atoms with E-state index in [0.29, 0.717) is 10.7 Å². The number of amides is 1. The average molecular weight is 373 g/mol. The number of halogens is 1. The molecule has 0 unspecified atom stereocenters. The van der Waals surface area contributed by atoms with E-state index in [9.17, 15) is 19.1 Å². The first-order chi connectivity index (χ1) is 12.4. The predicted octanol–water partition coefficient (Wildman–Crippen LogP) is 2.39. The smallest absolute Gasteiger partial charge is 0.353 e. The van der Waals surface area contributed by atoms with Gasteiger partial charge in [0.15, 0.2) is 10.9 Å². The Hall–Kier alpha value is -3.20. The number of hydrogen-bond donors (Lipinski definition) is 3. The van der Waals surface area contributed by atoms with Gasteiger partial charge >= 0.3 is 5.97 Å². The van der Waals surface area contributed by atoms with Crippen molar-refractivity contribution in [3.8, 4) is 5.69 Å². The summed E-state index contributed by atoms with van der Waals surface area (Å²) in [5.74, 6) is -2.50. The van der Waals surface area contributed by atoms with Gasteiger partial charge in [-0.1, -0.05) is 0 Å². The van der Waals surface area contributed by atoms with Crippen molar-refractivity contribution < 1.29 is 19.1 Å². The van der Waals surface area contributed by atoms with Crippen molar-refractivity contribution >= 4 is 28.3 Å². The van der Waals surface area contributed by atoms with E-state index < -0.39 is 17.7 Å². The van der Waals surface area contributed by atoms with Crippen molar-refractivity contribution in [2.45, 2.75) is 13.5 Å². The quantitative estimate of drug-likeness (QED) is 0.636. The van der Waals surface area contributed by atoms with Gasteiger partial charge in [0.2, 0.25) is 0 Å². The first kappa shape index (κ1) is 17.6. The number of aromatic carboxylic acids is 1. The molecule has 7 nitrogen and oxygen atoms in total. The van der Waals surface area contributed by atoms with Gasteiger partial charge in [-0.2, -0.15) is 0 Å². The van der Waals surface area contributed by atoms with Gasteiger partial charge in [-0.3, -0.25) is 4.79 Å². The highest BCUT2D eigenvalue weighted by Crippen LogP contribution is 2.21. The number of aromatic nitrogens is 2. The lowest BCUT2D eigenvalue weighted by Gasteiger charge is -2.10. The average Bonchev–Trinajstić information content (AvgIpc) is 3.18. The highest BCUT2D eigenvalue weighted by molar-refractivity contribution is 7.15. The van der Waals surface area contributed by atoms with Crippen LogP contribution in [-0.4, -0.2) is 26.5 Å². The van der Waals surface area contributed by atoms with Crippen LogP contribution >= 0.6 is 11.3 Å². The highest BCUT2D eigenvalue weighted by atomic mass is 32.1. The van der Waals surface area contributed by atoms with Gasteiger partial charge in [0.25, 0.3) is 5.91 Å². The van der Waals surface area contributed by atoms with Gasteiger partial charge in [0, 0.05) is 23.3 Å². The molecule has 0 saturated heterocycles. The van der Waals surface area contributed by atoms with E-state index >= 15 is 0 Å². The van der Waals surface area contributed by atoms with E-state index in [1.54, 1.807) is 19.2 Å². The second-order valence-electron chi connectivity index (χ2n) is 5.44. The maximum Gasteiger partial charge on any atom is 0.353 e. The largest absolute Gasteiger partial charge is 0.477 e. The fourth-order valence-electron chi connectivity index (χ4n) is 2.45. The molecule has 0 spiro atoms. The molecule has 9 heteroatoms. The molecule has 2 aromatic heterocycles. The third-order valence-corrected chi connectivity index (χ3v) is 4.49. The normalized spacial score (nSPS) is 10.7. The van der Waals surface area contributed by atoms with Crippen LogP contribution in [0.2, 0.25) is 0 Å². The minimum atomic E-state index is -1.17. The number of benzene rings is 1. The molecule has 2 heterocycles. The number of carbonyl (C=O) groups is 2. The van der Waals surface area contributed by atoms with Crippen LogP contribution in [-0.2, 0) is 6.54 Å². The monoisotopic (exact) mass is 373 g/mol. The summed E-state index contributed by atoms with van der Waals surface area (Å²) in [6, 6.07) is 6.66. The third kappa shape index (κ3) is 3.42. The summed E-state index contributed by atoms with van der Waals surface area (Å²) in [6.45, 7) is 1.83. The van der Waals surface area contributed by atoms with Gasteiger partial charge in [-0.25, -0.2) is 14.2 Å². The molecule has 133 valence electrons. The topological polar surface area (TPSA) is 110 Å². The van der Waals surface area contributed by atoms with Crippen LogP contribution < -0.4 is 11.1 Å². The maximum atomic E-state index is 14.4. The van der Waals surface area contributed by atoms with Crippen LogP contribution in [0.3, 0.4) is 0 Å². The molecule has 0 bridgehead atoms. The Labute approximate surface area is 151 Å². The number of carboxylic acids is 1. The van der Waals surface area contributed by atoms with Gasteiger partial charge in [-0.15, -0.1) is 11.3 Å². The summed E-state index contributed by atoms with van der Waals surface area (Å²) in [5.41, 5.74) is 5.98. The molecule has 0 fully saturated rings. The summed E-state index contributed by atoms with van der Waals surface area (Å²) in [4.78, 5) is 28.1. The number of thiazole rings is 1. The number of nitrogens with zero attached hydrogens (tertiary/aromatic N) is 2. The van der Waals surface area contributed by atoms with Crippen molar-refractivity contribution in [1.29, 1.82) is 0 Å². The number of rotatable bonds is 5. The summed E-state index contributed by atoms with van der Waals surface area (Å²) in [5, 5.41) is 12.3. The molecule has 1 aromatic carbocycles. The Balaban J connectivity index is 1.81. The number of carbonyl (C=O) groups excluding carboxylic acids is 1. The Morgan fingerprint density at radius 2 is 2.19 bits per heavy atom. The van der Waals surface area contributed by atoms with Gasteiger partial charge in [0.05, 0.1) is 17.8 Å². The standard InChI is InChI=1S/C17H14FN4O3S/c1-9-4-5-22(14(9)16(24)25)13-3-2-10(6-12(13)18)15(23)20-7-11-8-21-17(19)26-11/h2-5,8H,7H2,1H3,(H2,19,21)(H,20,23)(H,24,25). The van der Waals surface area contributed by atoms with Crippen molar-refractivity contribution in [2.24, 2.45) is 0 Å². The second-order valence-corrected chi connectivity index (χ2v) is 6.59. The number of aryl methyl sites for hydroxylation is 1. The van der Waals surface area contributed by atoms with E-state index in [4.69, 9.17) is 5.73 Å². The lowest BCUT2D eigenvalue weighted by molar-refractivity contribution is 0.0687. The predicted molar refractivity (Wildman–Crippen MR) is 94.0 cm³/mol. The molecule has 0 atom stereocenters. The van der Waals surface area contributed by atoms with Crippen LogP contribution in [0.1, 0.15) is 31.3 Å². The van der Waals surface area contributed by atoms with Crippen LogP contribution in [0.4, 0.5) is 9.52 Å². The Morgan fingerprint density at radius 1 is 1.42 bits per heavy atom. The van der Waals surface area contributed by atoms with E-state index in [1.807, 2.05) is 0 Å². The lowest BCUT2D eigenvalue weighted by atomic mass is 10.1. The van der Waals surface area contributed by atoms with Gasteiger partial charge in [0.1, 0.15) is 5.69 Å². The van der Waals surface area contributed by atoms with Crippen LogP contribution in [0.25, 0.3) is 5.69 Å². The molecular formula is C17H14FN4O3S. The zero-order valence-electron chi connectivity index (χ0n) is 13.6. The summed E-state index contributed by atoms with van der Waals surface area (Å²) in [7, 11) is 0. The second kappa shape index (κ2) is 6.96. The van der Waals surface area contributed by atoms with Crippen molar-refractivity contribution in [1.82, 2.24) is 14.9 Å². The van der Waals surface area contributed by atoms with E-state index in [2.05, 4.69) is 16.4 Å². The third-order valence-electron chi connectivity index (χ3n) is 3.67. The Kier molecular flexibility index (Phi) is 4.72. The van der Waals surface area contributed by atoms with Crippen molar-refractivity contribution in [3.63, 3.8) is 0 Å². The minimum Gasteiger partial charge on any atom is -0.477 e. The molecular weight excluding hydrogens is 359 g/mol. The molecule has 0 aliphatic heterocycles. The molecule has 0 aliphatic rings. The number of carboxylic acid groups (broad SMARTS) is 1. The van der Waals surface area contributed by atoms with Crippen molar-refractivity contribution in [2.75, 3.05) is 5.73 Å². The van der Waals surface area contributed by atoms with E-state index in [0.717, 1.165) is 4.88 Å². The SMILES string of the molecule is Cc1ccn(-c2ccc(C(=O)NCc3cnc(N)s3)[c]c2F)c1C(=O)O. The van der Waals surface area contributed by atoms with Crippen LogP contribution in [0.15, 0.2) is 30.6 Å². The number of nitrogen functional groups attached to an aromatic ring is 1. The fourth-order valence-corrected chi connectivity index (χ4v) is 3.07. The molecule has 3 rings (SSSR count). The number of hydrogen-bond acceptors (Lipinski definition) is 5. The summed E-state index contributed by atoms with van der Waals surface area (Å²) in [6.07, 6.45) is 3.01. The van der Waals surface area contributed by atoms with Crippen molar-refractivity contribution in [3.05, 3.63) is 64.2 Å². The molecule has 1 radical (unpaired) electrons. The maximum absolute atomic E-state index is 14.4. The minimum absolute atomic E-state index is 0.00211. The molecule has 4 N–H and O–H groups in total. The first-order valence-electron chi connectivity index (χ1n) is 7.48. The van der Waals surface area contributed by atoms with Gasteiger partial charge < -0.3 is 20.7 Å². The highest BCUT2D eigenvalue weighted by Gasteiger charge is 2.18. The molecule has 3 aromatic rings. The van der Waals surface area contributed by atoms with E-state index in [1.165, 1.54) is 34.2 Å². The van der Waals surface area contributed by atoms with Crippen LogP contribution in [0, 0.1) is 18.8 Å². The van der Waals surface area contributed by atoms with Gasteiger partial charge in [-0.05, 0) is 30.7 Å². The fraction of sp³-hybridized carbons (Fsp3) is 0.118. The van der Waals surface area contributed by atoms with E-state index in [-0.39, 0.29) is 23.5 Å². The molecule has 0 aliphatic carbocycles. The summed E-state index contributed by atoms with van der Waals surface area (Å²) < 4.78 is 15.7. The molecule has 0 saturated carbocycles. The number of nitrogens with two attached hydrogens (primary N) is 1. The lowest BCUT2D eigenvalue weighted by Crippen LogP contribution is -2.22. The molecule has 1 amide bonds. The van der Waals surface area contributed by atoms with Crippen LogP contribution in [0.5, 0.6) is 0 Å². The summed E-state index contributed by atoms with van der Waals surface area (Å²) >= 11 is 1.24. The number of nitrogens with one attached hydrogen (secondary N) is 1. The molecule has 26 heavy (non-hydrogen) atoms. The number of anilines is 1. The first-order valence-corrected chi connectivity index (χ1v) is 8.30. The Morgan fingerprint density at radius 3 is 2.81 bits per heavy atom.